The Labute approximate surface area is 204 Å². The van der Waals surface area contributed by atoms with Crippen LogP contribution in [-0.4, -0.2) is 48.6 Å². The summed E-state index contributed by atoms with van der Waals surface area (Å²) in [6.07, 6.45) is 7.34. The Balaban J connectivity index is 1.26. The monoisotopic (exact) mass is 457 g/mol. The first-order chi connectivity index (χ1) is 16.6. The third kappa shape index (κ3) is 4.10. The molecule has 4 heteroatoms. The molecule has 3 aliphatic rings. The predicted octanol–water partition coefficient (Wildman–Crippen LogP) is 5.95. The first kappa shape index (κ1) is 22.3. The Bertz CT molecular complexity index is 1120. The molecule has 1 aliphatic carbocycles. The maximum Gasteiger partial charge on any atom is 0.134 e. The number of fused-ring (bicyclic) bond motifs is 1. The molecule has 6 rings (SSSR count). The number of piperidine rings is 1. The van der Waals surface area contributed by atoms with Gasteiger partial charge in [0.2, 0.25) is 0 Å². The summed E-state index contributed by atoms with van der Waals surface area (Å²) in [6, 6.07) is 19.1. The third-order valence-electron chi connectivity index (χ3n) is 8.93. The van der Waals surface area contributed by atoms with Crippen LogP contribution in [0, 0.1) is 5.41 Å². The SMILES string of the molecule is CC(C)c1ccccc1C1CN(Cc2cccc3occc23)CCN1C1CC2(CCNCC2)C1. The second-order valence-electron chi connectivity index (χ2n) is 11.3. The van der Waals surface area contributed by atoms with Crippen molar-refractivity contribution in [2.75, 3.05) is 32.7 Å². The zero-order valence-corrected chi connectivity index (χ0v) is 20.8. The van der Waals surface area contributed by atoms with Crippen molar-refractivity contribution in [2.24, 2.45) is 5.41 Å². The maximum absolute atomic E-state index is 5.67. The van der Waals surface area contributed by atoms with Crippen LogP contribution < -0.4 is 5.32 Å². The average Bonchev–Trinajstić information content (AvgIpc) is 3.33. The Kier molecular flexibility index (Phi) is 6.00. The highest BCUT2D eigenvalue weighted by molar-refractivity contribution is 5.80. The van der Waals surface area contributed by atoms with E-state index in [1.807, 2.05) is 6.26 Å². The summed E-state index contributed by atoms with van der Waals surface area (Å²) in [5.41, 5.74) is 6.07. The summed E-state index contributed by atoms with van der Waals surface area (Å²) >= 11 is 0. The molecule has 4 nitrogen and oxygen atoms in total. The second kappa shape index (κ2) is 9.14. The minimum absolute atomic E-state index is 0.472. The highest BCUT2D eigenvalue weighted by Gasteiger charge is 2.49. The van der Waals surface area contributed by atoms with Gasteiger partial charge in [0.1, 0.15) is 5.58 Å². The predicted molar refractivity (Wildman–Crippen MR) is 139 cm³/mol. The fourth-order valence-corrected chi connectivity index (χ4v) is 7.03. The lowest BCUT2D eigenvalue weighted by molar-refractivity contribution is -0.0650. The first-order valence-electron chi connectivity index (χ1n) is 13.3. The highest BCUT2D eigenvalue weighted by Crippen LogP contribution is 2.52. The van der Waals surface area contributed by atoms with Crippen LogP contribution in [0.15, 0.2) is 59.2 Å². The van der Waals surface area contributed by atoms with Crippen molar-refractivity contribution >= 4 is 11.0 Å². The molecular formula is C30H39N3O. The molecule has 3 aromatic rings. The van der Waals surface area contributed by atoms with Crippen molar-refractivity contribution in [1.29, 1.82) is 0 Å². The smallest absolute Gasteiger partial charge is 0.134 e. The standard InChI is InChI=1S/C30H39N3O/c1-22(2)25-7-3-4-8-27(25)28-21-32(20-23-6-5-9-29-26(23)10-17-34-29)15-16-33(28)24-18-30(19-24)11-13-31-14-12-30/h3-10,17,22,24,28,31H,11-16,18-21H2,1-2H3. The molecule has 1 saturated carbocycles. The van der Waals surface area contributed by atoms with E-state index in [0.29, 0.717) is 17.4 Å². The van der Waals surface area contributed by atoms with Crippen molar-refractivity contribution in [2.45, 2.75) is 64.1 Å². The Morgan fingerprint density at radius 1 is 1.00 bits per heavy atom. The molecule has 3 fully saturated rings. The van der Waals surface area contributed by atoms with E-state index in [9.17, 15) is 0 Å². The molecule has 1 spiro atoms. The van der Waals surface area contributed by atoms with Gasteiger partial charge in [-0.25, -0.2) is 0 Å². The molecule has 0 bridgehead atoms. The van der Waals surface area contributed by atoms with Gasteiger partial charge in [-0.3, -0.25) is 9.80 Å². The van der Waals surface area contributed by atoms with Crippen LogP contribution in [0.5, 0.6) is 0 Å². The molecule has 2 aromatic carbocycles. The van der Waals surface area contributed by atoms with Crippen LogP contribution in [0.1, 0.15) is 68.2 Å². The minimum atomic E-state index is 0.472. The molecule has 1 N–H and O–H groups in total. The molecular weight excluding hydrogens is 418 g/mol. The van der Waals surface area contributed by atoms with E-state index in [2.05, 4.69) is 77.5 Å². The fourth-order valence-electron chi connectivity index (χ4n) is 7.03. The van der Waals surface area contributed by atoms with Gasteiger partial charge in [-0.1, -0.05) is 50.2 Å². The van der Waals surface area contributed by atoms with Crippen molar-refractivity contribution in [3.8, 4) is 0 Å². The zero-order chi connectivity index (χ0) is 23.1. The minimum Gasteiger partial charge on any atom is -0.464 e. The van der Waals surface area contributed by atoms with Gasteiger partial charge < -0.3 is 9.73 Å². The number of benzene rings is 2. The van der Waals surface area contributed by atoms with Gasteiger partial charge in [0.15, 0.2) is 0 Å². The summed E-state index contributed by atoms with van der Waals surface area (Å²) < 4.78 is 5.67. The molecule has 2 aliphatic heterocycles. The van der Waals surface area contributed by atoms with E-state index in [1.54, 1.807) is 5.56 Å². The largest absolute Gasteiger partial charge is 0.464 e. The van der Waals surface area contributed by atoms with Crippen LogP contribution in [0.3, 0.4) is 0 Å². The lowest BCUT2D eigenvalue weighted by atomic mass is 9.60. The molecule has 180 valence electrons. The fraction of sp³-hybridized carbons (Fsp3) is 0.533. The van der Waals surface area contributed by atoms with Crippen LogP contribution in [0.2, 0.25) is 0 Å². The molecule has 0 amide bonds. The van der Waals surface area contributed by atoms with Gasteiger partial charge in [-0.2, -0.15) is 0 Å². The lowest BCUT2D eigenvalue weighted by Crippen LogP contribution is -2.59. The Morgan fingerprint density at radius 2 is 1.82 bits per heavy atom. The number of nitrogens with zero attached hydrogens (tertiary/aromatic N) is 2. The third-order valence-corrected chi connectivity index (χ3v) is 8.93. The first-order valence-corrected chi connectivity index (χ1v) is 13.3. The molecule has 1 unspecified atom stereocenters. The topological polar surface area (TPSA) is 31.7 Å². The van der Waals surface area contributed by atoms with Crippen molar-refractivity contribution in [3.63, 3.8) is 0 Å². The molecule has 1 aromatic heterocycles. The van der Waals surface area contributed by atoms with Crippen molar-refractivity contribution < 1.29 is 4.42 Å². The van der Waals surface area contributed by atoms with Gasteiger partial charge in [0, 0.05) is 43.6 Å². The number of rotatable bonds is 5. The van der Waals surface area contributed by atoms with Crippen molar-refractivity contribution in [1.82, 2.24) is 15.1 Å². The Morgan fingerprint density at radius 3 is 2.65 bits per heavy atom. The highest BCUT2D eigenvalue weighted by atomic mass is 16.3. The van der Waals surface area contributed by atoms with Crippen molar-refractivity contribution in [3.05, 3.63) is 71.5 Å². The molecule has 0 radical (unpaired) electrons. The number of furan rings is 1. The van der Waals surface area contributed by atoms with E-state index in [4.69, 9.17) is 4.42 Å². The summed E-state index contributed by atoms with van der Waals surface area (Å²) in [5, 5.41) is 4.83. The van der Waals surface area contributed by atoms with E-state index in [-0.39, 0.29) is 0 Å². The van der Waals surface area contributed by atoms with Crippen LogP contribution in [-0.2, 0) is 6.54 Å². The van der Waals surface area contributed by atoms with Gasteiger partial charge in [-0.05, 0) is 78.9 Å². The second-order valence-corrected chi connectivity index (χ2v) is 11.3. The van der Waals surface area contributed by atoms with Crippen LogP contribution in [0.25, 0.3) is 11.0 Å². The summed E-state index contributed by atoms with van der Waals surface area (Å²) in [6.45, 7) is 11.5. The maximum atomic E-state index is 5.67. The van der Waals surface area contributed by atoms with Gasteiger partial charge in [-0.15, -0.1) is 0 Å². The van der Waals surface area contributed by atoms with E-state index >= 15 is 0 Å². The summed E-state index contributed by atoms with van der Waals surface area (Å²) in [4.78, 5) is 5.57. The zero-order valence-electron chi connectivity index (χ0n) is 20.8. The lowest BCUT2D eigenvalue weighted by Gasteiger charge is -2.57. The van der Waals surface area contributed by atoms with Gasteiger partial charge in [0.05, 0.1) is 6.26 Å². The average molecular weight is 458 g/mol. The number of hydrogen-bond donors (Lipinski definition) is 1. The quantitative estimate of drug-likeness (QED) is 0.513. The van der Waals surface area contributed by atoms with Gasteiger partial charge in [0.25, 0.3) is 0 Å². The number of piperazine rings is 1. The number of nitrogens with one attached hydrogen (secondary N) is 1. The molecule has 2 saturated heterocycles. The molecule has 1 atom stereocenters. The molecule has 3 heterocycles. The summed E-state index contributed by atoms with van der Waals surface area (Å²) in [5.74, 6) is 0.547. The summed E-state index contributed by atoms with van der Waals surface area (Å²) in [7, 11) is 0. The van der Waals surface area contributed by atoms with Crippen LogP contribution >= 0.6 is 0 Å². The van der Waals surface area contributed by atoms with E-state index in [0.717, 1.165) is 37.8 Å². The van der Waals surface area contributed by atoms with E-state index in [1.165, 1.54) is 55.3 Å². The normalized spacial score (nSPS) is 24.1. The number of hydrogen-bond acceptors (Lipinski definition) is 4. The molecule has 34 heavy (non-hydrogen) atoms. The Hall–Kier alpha value is -2.14. The van der Waals surface area contributed by atoms with Crippen LogP contribution in [0.4, 0.5) is 0 Å². The van der Waals surface area contributed by atoms with E-state index < -0.39 is 0 Å². The van der Waals surface area contributed by atoms with Gasteiger partial charge >= 0.3 is 0 Å².